The highest BCUT2D eigenvalue weighted by atomic mass is 32.2. The molecule has 2 amide bonds. The number of hydroxylamine groups is 1. The van der Waals surface area contributed by atoms with Gasteiger partial charge in [-0.1, -0.05) is 18.2 Å². The van der Waals surface area contributed by atoms with Gasteiger partial charge in [0.15, 0.2) is 14.6 Å². The first-order valence-electron chi connectivity index (χ1n) is 10.8. The van der Waals surface area contributed by atoms with Crippen molar-refractivity contribution in [3.8, 4) is 5.75 Å². The number of nitrogens with zero attached hydrogens (tertiary/aromatic N) is 2. The van der Waals surface area contributed by atoms with Gasteiger partial charge < -0.3 is 9.64 Å². The molecular weight excluding hydrogens is 458 g/mol. The first-order chi connectivity index (χ1) is 16.3. The first-order valence-corrected chi connectivity index (χ1v) is 12.3. The largest absolute Gasteiger partial charge is 0.489 e. The molecule has 1 saturated heterocycles. The number of carbonyl (C=O) groups is 2. The molecule has 0 spiro atoms. The molecule has 0 bridgehead atoms. The molecule has 10 heteroatoms. The Morgan fingerprint density at radius 3 is 2.50 bits per heavy atom. The fourth-order valence-electron chi connectivity index (χ4n) is 4.33. The van der Waals surface area contributed by atoms with Crippen molar-refractivity contribution < 1.29 is 28.0 Å². The average molecular weight is 484 g/mol. The number of hydrogen-bond acceptors (Lipinski definition) is 7. The SMILES string of the molecule is Cc1cc(COc2ccc(S(=O)(=O)C3(C(=O)NO)CCN(C=O)CC3)cc2)c2ccccc2n1. The van der Waals surface area contributed by atoms with E-state index in [1.54, 1.807) is 0 Å². The third-order valence-electron chi connectivity index (χ3n) is 6.24. The lowest BCUT2D eigenvalue weighted by Crippen LogP contribution is -2.57. The lowest BCUT2D eigenvalue weighted by Gasteiger charge is -2.38. The fraction of sp³-hybridized carbons (Fsp3) is 0.292. The third kappa shape index (κ3) is 4.22. The highest BCUT2D eigenvalue weighted by molar-refractivity contribution is 7.93. The van der Waals surface area contributed by atoms with Gasteiger partial charge in [0.05, 0.1) is 10.4 Å². The van der Waals surface area contributed by atoms with Gasteiger partial charge in [-0.3, -0.25) is 19.8 Å². The number of piperidine rings is 1. The van der Waals surface area contributed by atoms with Crippen molar-refractivity contribution in [3.05, 3.63) is 65.9 Å². The summed E-state index contributed by atoms with van der Waals surface area (Å²) < 4.78 is 30.9. The van der Waals surface area contributed by atoms with E-state index in [1.807, 2.05) is 37.3 Å². The maximum Gasteiger partial charge on any atom is 0.265 e. The molecule has 2 aromatic carbocycles. The molecular formula is C24H25N3O6S. The Morgan fingerprint density at radius 1 is 1.18 bits per heavy atom. The summed E-state index contributed by atoms with van der Waals surface area (Å²) in [5, 5.41) is 10.2. The second-order valence-corrected chi connectivity index (χ2v) is 10.5. The Balaban J connectivity index is 1.56. The van der Waals surface area contributed by atoms with Crippen LogP contribution in [0.5, 0.6) is 5.75 Å². The second kappa shape index (κ2) is 9.40. The van der Waals surface area contributed by atoms with Crippen LogP contribution in [0, 0.1) is 6.92 Å². The maximum atomic E-state index is 13.5. The van der Waals surface area contributed by atoms with Crippen LogP contribution in [0.25, 0.3) is 10.9 Å². The number of ether oxygens (including phenoxy) is 1. The van der Waals surface area contributed by atoms with Crippen LogP contribution in [0.4, 0.5) is 0 Å². The number of fused-ring (bicyclic) bond motifs is 1. The van der Waals surface area contributed by atoms with Gasteiger partial charge in [0, 0.05) is 29.7 Å². The van der Waals surface area contributed by atoms with Gasteiger partial charge in [0.2, 0.25) is 6.41 Å². The van der Waals surface area contributed by atoms with Crippen LogP contribution in [-0.2, 0) is 26.0 Å². The highest BCUT2D eigenvalue weighted by Crippen LogP contribution is 2.36. The summed E-state index contributed by atoms with van der Waals surface area (Å²) >= 11 is 0. The van der Waals surface area contributed by atoms with Crippen molar-refractivity contribution in [2.45, 2.75) is 36.0 Å². The van der Waals surface area contributed by atoms with E-state index >= 15 is 0 Å². The zero-order chi connectivity index (χ0) is 24.3. The zero-order valence-electron chi connectivity index (χ0n) is 18.6. The molecule has 0 radical (unpaired) electrons. The van der Waals surface area contributed by atoms with E-state index in [9.17, 15) is 23.2 Å². The Labute approximate surface area is 197 Å². The molecule has 0 atom stereocenters. The van der Waals surface area contributed by atoms with Crippen molar-refractivity contribution in [1.29, 1.82) is 0 Å². The molecule has 2 heterocycles. The van der Waals surface area contributed by atoms with Gasteiger partial charge in [-0.2, -0.15) is 0 Å². The Hall–Kier alpha value is -3.50. The second-order valence-electron chi connectivity index (χ2n) is 8.28. The van der Waals surface area contributed by atoms with E-state index in [0.717, 1.165) is 22.2 Å². The van der Waals surface area contributed by atoms with E-state index in [4.69, 9.17) is 4.74 Å². The summed E-state index contributed by atoms with van der Waals surface area (Å²) in [6.07, 6.45) is 0.382. The number of aromatic nitrogens is 1. The molecule has 34 heavy (non-hydrogen) atoms. The minimum atomic E-state index is -4.16. The summed E-state index contributed by atoms with van der Waals surface area (Å²) in [6.45, 7) is 2.37. The number of rotatable bonds is 7. The molecule has 4 rings (SSSR count). The Morgan fingerprint density at radius 2 is 1.85 bits per heavy atom. The number of benzene rings is 2. The van der Waals surface area contributed by atoms with Crippen LogP contribution in [0.2, 0.25) is 0 Å². The number of amides is 2. The quantitative estimate of drug-likeness (QED) is 0.300. The summed E-state index contributed by atoms with van der Waals surface area (Å²) in [4.78, 5) is 29.4. The number of carbonyl (C=O) groups excluding carboxylic acids is 2. The summed E-state index contributed by atoms with van der Waals surface area (Å²) in [7, 11) is -4.16. The van der Waals surface area contributed by atoms with Crippen LogP contribution in [0.15, 0.2) is 59.5 Å². The van der Waals surface area contributed by atoms with Crippen LogP contribution in [-0.4, -0.2) is 53.7 Å². The minimum absolute atomic E-state index is 0.0618. The van der Waals surface area contributed by atoms with Gasteiger partial charge >= 0.3 is 0 Å². The summed E-state index contributed by atoms with van der Waals surface area (Å²) in [6, 6.07) is 15.6. The standard InChI is InChI=1S/C24H25N3O6S/c1-17-14-18(21-4-2-3-5-22(21)25-17)15-33-19-6-8-20(9-7-19)34(31,32)24(23(29)26-30)10-12-27(16-28)13-11-24/h2-9,14,16,30H,10-13,15H2,1H3,(H,26,29). The molecule has 0 aliphatic carbocycles. The third-order valence-corrected chi connectivity index (χ3v) is 8.76. The van der Waals surface area contributed by atoms with E-state index in [0.29, 0.717) is 12.2 Å². The zero-order valence-corrected chi connectivity index (χ0v) is 19.4. The molecule has 178 valence electrons. The van der Waals surface area contributed by atoms with Crippen molar-refractivity contribution in [3.63, 3.8) is 0 Å². The number of hydrogen-bond donors (Lipinski definition) is 2. The number of pyridine rings is 1. The topological polar surface area (TPSA) is 126 Å². The predicted molar refractivity (Wildman–Crippen MR) is 124 cm³/mol. The smallest absolute Gasteiger partial charge is 0.265 e. The Bertz CT molecular complexity index is 1320. The van der Waals surface area contributed by atoms with Gasteiger partial charge in [-0.05, 0) is 56.2 Å². The fourth-order valence-corrected chi connectivity index (χ4v) is 6.28. The minimum Gasteiger partial charge on any atom is -0.489 e. The normalized spacial score (nSPS) is 15.6. The molecule has 1 aliphatic rings. The Kier molecular flexibility index (Phi) is 6.54. The van der Waals surface area contributed by atoms with Gasteiger partial charge in [0.25, 0.3) is 5.91 Å². The molecule has 1 aromatic heterocycles. The van der Waals surface area contributed by atoms with Crippen molar-refractivity contribution in [1.82, 2.24) is 15.4 Å². The summed E-state index contributed by atoms with van der Waals surface area (Å²) in [5.74, 6) is -0.535. The monoisotopic (exact) mass is 483 g/mol. The lowest BCUT2D eigenvalue weighted by atomic mass is 9.95. The van der Waals surface area contributed by atoms with Crippen LogP contribution < -0.4 is 10.2 Å². The van der Waals surface area contributed by atoms with Crippen LogP contribution in [0.3, 0.4) is 0 Å². The molecule has 2 N–H and O–H groups in total. The number of para-hydroxylation sites is 1. The van der Waals surface area contributed by atoms with Crippen molar-refractivity contribution in [2.24, 2.45) is 0 Å². The molecule has 0 unspecified atom stereocenters. The molecule has 9 nitrogen and oxygen atoms in total. The first kappa shape index (κ1) is 23.7. The molecule has 0 saturated carbocycles. The predicted octanol–water partition coefficient (Wildman–Crippen LogP) is 2.39. The van der Waals surface area contributed by atoms with E-state index in [1.165, 1.54) is 34.6 Å². The number of likely N-dealkylation sites (tertiary alicyclic amines) is 1. The van der Waals surface area contributed by atoms with Crippen molar-refractivity contribution in [2.75, 3.05) is 13.1 Å². The number of aryl methyl sites for hydroxylation is 1. The van der Waals surface area contributed by atoms with Crippen molar-refractivity contribution >= 4 is 33.1 Å². The average Bonchev–Trinajstić information content (AvgIpc) is 2.86. The number of sulfone groups is 1. The van der Waals surface area contributed by atoms with E-state index in [-0.39, 0.29) is 37.4 Å². The van der Waals surface area contributed by atoms with Crippen LogP contribution >= 0.6 is 0 Å². The van der Waals surface area contributed by atoms with E-state index < -0.39 is 20.5 Å². The number of nitrogens with one attached hydrogen (secondary N) is 1. The molecule has 1 fully saturated rings. The van der Waals surface area contributed by atoms with Gasteiger partial charge in [-0.15, -0.1) is 0 Å². The van der Waals surface area contributed by atoms with Crippen LogP contribution in [0.1, 0.15) is 24.1 Å². The summed E-state index contributed by atoms with van der Waals surface area (Å²) in [5.41, 5.74) is 4.20. The van der Waals surface area contributed by atoms with E-state index in [2.05, 4.69) is 4.98 Å². The lowest BCUT2D eigenvalue weighted by molar-refractivity contribution is -0.134. The molecule has 3 aromatic rings. The maximum absolute atomic E-state index is 13.5. The van der Waals surface area contributed by atoms with Gasteiger partial charge in [-0.25, -0.2) is 13.9 Å². The highest BCUT2D eigenvalue weighted by Gasteiger charge is 2.52. The molecule has 1 aliphatic heterocycles. The van der Waals surface area contributed by atoms with Gasteiger partial charge in [0.1, 0.15) is 12.4 Å².